The van der Waals surface area contributed by atoms with Gasteiger partial charge < -0.3 is 5.98 Å². The van der Waals surface area contributed by atoms with E-state index in [9.17, 15) is 8.76 Å². The molecule has 12 heavy (non-hydrogen) atoms. The summed E-state index contributed by atoms with van der Waals surface area (Å²) < 4.78 is 20.7. The molecule has 4 heteroatoms. The molecule has 1 rings (SSSR count). The van der Waals surface area contributed by atoms with Gasteiger partial charge in [-0.3, -0.25) is 4.21 Å². The Bertz CT molecular complexity index is 287. The Balaban J connectivity index is 0. The van der Waals surface area contributed by atoms with E-state index in [0.717, 1.165) is 5.56 Å². The molecule has 1 unspecified atom stereocenters. The van der Waals surface area contributed by atoms with Crippen LogP contribution in [0.25, 0.3) is 6.08 Å². The van der Waals surface area contributed by atoms with Crippen LogP contribution in [0.15, 0.2) is 35.7 Å². The minimum absolute atomic E-state index is 0. The standard InChI is InChI=1S/C8H8O2S.Li.H/c1-2-7-3-5-8(6-4-7)11(9)10;;/h2-6H,1H2,(H,9,10);;/q;+1;-1/p-1. The zero-order chi connectivity index (χ0) is 8.27. The fraction of sp³-hybridized carbons (Fsp3) is 0. The Morgan fingerprint density at radius 2 is 1.92 bits per heavy atom. The molecule has 0 bridgehead atoms. The van der Waals surface area contributed by atoms with Crippen molar-refractivity contribution in [1.29, 1.82) is 0 Å². The predicted octanol–water partition coefficient (Wildman–Crippen LogP) is -1.32. The topological polar surface area (TPSA) is 40.1 Å². The van der Waals surface area contributed by atoms with Gasteiger partial charge in [0.1, 0.15) is 0 Å². The summed E-state index contributed by atoms with van der Waals surface area (Å²) in [5, 5.41) is 0. The van der Waals surface area contributed by atoms with Gasteiger partial charge in [-0.25, -0.2) is 0 Å². The number of benzene rings is 1. The molecular weight excluding hydrogens is 167 g/mol. The van der Waals surface area contributed by atoms with E-state index in [1.807, 2.05) is 0 Å². The summed E-state index contributed by atoms with van der Waals surface area (Å²) in [5.41, 5.74) is 0.916. The molecule has 1 atom stereocenters. The van der Waals surface area contributed by atoms with Gasteiger partial charge in [-0.1, -0.05) is 24.8 Å². The van der Waals surface area contributed by atoms with Crippen molar-refractivity contribution in [2.75, 3.05) is 0 Å². The normalized spacial score (nSPS) is 11.4. The average molecular weight is 175 g/mol. The largest absolute Gasteiger partial charge is 1.00 e. The maximum atomic E-state index is 10.4. The van der Waals surface area contributed by atoms with Crippen LogP contribution < -0.4 is 18.9 Å². The molecule has 0 aliphatic carbocycles. The third-order valence-corrected chi connectivity index (χ3v) is 1.97. The third kappa shape index (κ3) is 2.96. The number of hydrogen-bond donors (Lipinski definition) is 0. The Hall–Kier alpha value is -0.333. The van der Waals surface area contributed by atoms with E-state index >= 15 is 0 Å². The summed E-state index contributed by atoms with van der Waals surface area (Å²) in [7, 11) is 0. The van der Waals surface area contributed by atoms with Crippen LogP contribution in [0.2, 0.25) is 0 Å². The Kier molecular flexibility index (Phi) is 5.19. The van der Waals surface area contributed by atoms with Crippen molar-refractivity contribution in [3.05, 3.63) is 36.4 Å². The molecule has 1 aromatic rings. The summed E-state index contributed by atoms with van der Waals surface area (Å²) >= 11 is -2.12. The molecule has 0 aliphatic rings. The van der Waals surface area contributed by atoms with E-state index in [1.165, 1.54) is 0 Å². The van der Waals surface area contributed by atoms with Gasteiger partial charge in [0.15, 0.2) is 0 Å². The molecule has 0 fully saturated rings. The van der Waals surface area contributed by atoms with E-state index in [0.29, 0.717) is 4.90 Å². The summed E-state index contributed by atoms with van der Waals surface area (Å²) in [6, 6.07) is 6.50. The van der Waals surface area contributed by atoms with Gasteiger partial charge in [-0.2, -0.15) is 0 Å². The van der Waals surface area contributed by atoms with Crippen molar-refractivity contribution in [2.45, 2.75) is 4.90 Å². The molecular formula is C8H8LiO2S-. The zero-order valence-corrected chi connectivity index (χ0v) is 7.64. The van der Waals surface area contributed by atoms with Gasteiger partial charge in [0.2, 0.25) is 0 Å². The second-order valence-corrected chi connectivity index (χ2v) is 2.95. The average Bonchev–Trinajstić information content (AvgIpc) is 2.05. The Morgan fingerprint density at radius 3 is 2.25 bits per heavy atom. The molecule has 0 amide bonds. The van der Waals surface area contributed by atoms with Gasteiger partial charge in [-0.15, -0.1) is 0 Å². The van der Waals surface area contributed by atoms with E-state index < -0.39 is 11.1 Å². The third-order valence-electron chi connectivity index (χ3n) is 1.31. The molecule has 2 nitrogen and oxygen atoms in total. The number of hydrogen-bond acceptors (Lipinski definition) is 2. The van der Waals surface area contributed by atoms with E-state index in [4.69, 9.17) is 0 Å². The molecule has 0 heterocycles. The summed E-state index contributed by atoms with van der Waals surface area (Å²) in [6.45, 7) is 3.55. The Labute approximate surface area is 87.6 Å². The first kappa shape index (κ1) is 11.7. The van der Waals surface area contributed by atoms with E-state index in [2.05, 4.69) is 6.58 Å². The van der Waals surface area contributed by atoms with E-state index in [1.54, 1.807) is 30.3 Å². The van der Waals surface area contributed by atoms with Gasteiger partial charge in [0, 0.05) is 4.90 Å². The smallest absolute Gasteiger partial charge is 1.00 e. The predicted molar refractivity (Wildman–Crippen MR) is 44.8 cm³/mol. The first-order valence-electron chi connectivity index (χ1n) is 3.06. The summed E-state index contributed by atoms with van der Waals surface area (Å²) in [5.74, 6) is 0. The SMILES string of the molecule is C=Cc1ccc(S(=O)[O-])cc1.[H-].[Li+]. The van der Waals surface area contributed by atoms with Crippen LogP contribution >= 0.6 is 0 Å². The zero-order valence-electron chi connectivity index (χ0n) is 7.82. The Morgan fingerprint density at radius 1 is 1.42 bits per heavy atom. The first-order chi connectivity index (χ1) is 5.24. The quantitative estimate of drug-likeness (QED) is 0.413. The minimum Gasteiger partial charge on any atom is -1.00 e. The van der Waals surface area contributed by atoms with Crippen LogP contribution in [0.3, 0.4) is 0 Å². The monoisotopic (exact) mass is 175 g/mol. The fourth-order valence-corrected chi connectivity index (χ4v) is 1.07. The minimum atomic E-state index is -2.12. The molecule has 60 valence electrons. The van der Waals surface area contributed by atoms with Crippen LogP contribution in [0.5, 0.6) is 0 Å². The van der Waals surface area contributed by atoms with Crippen LogP contribution in [0, 0.1) is 0 Å². The first-order valence-corrected chi connectivity index (χ1v) is 4.13. The van der Waals surface area contributed by atoms with Crippen molar-refractivity contribution in [3.63, 3.8) is 0 Å². The van der Waals surface area contributed by atoms with Crippen molar-refractivity contribution < 1.29 is 29.0 Å². The molecule has 0 N–H and O–H groups in total. The molecule has 1 aromatic carbocycles. The molecule has 0 aliphatic heterocycles. The molecule has 0 saturated carbocycles. The maximum absolute atomic E-state index is 10.4. The maximum Gasteiger partial charge on any atom is 1.00 e. The van der Waals surface area contributed by atoms with E-state index in [-0.39, 0.29) is 20.3 Å². The summed E-state index contributed by atoms with van der Waals surface area (Å²) in [4.78, 5) is 0.301. The molecule has 0 saturated heterocycles. The molecule has 0 spiro atoms. The van der Waals surface area contributed by atoms with Gasteiger partial charge in [0.25, 0.3) is 0 Å². The molecule has 0 aromatic heterocycles. The van der Waals surface area contributed by atoms with Crippen molar-refractivity contribution in [3.8, 4) is 0 Å². The van der Waals surface area contributed by atoms with Crippen molar-refractivity contribution in [2.24, 2.45) is 0 Å². The van der Waals surface area contributed by atoms with Crippen LogP contribution in [-0.2, 0) is 11.1 Å². The fourth-order valence-electron chi connectivity index (χ4n) is 0.715. The van der Waals surface area contributed by atoms with Gasteiger partial charge in [-0.05, 0) is 28.8 Å². The number of rotatable bonds is 2. The van der Waals surface area contributed by atoms with Crippen LogP contribution in [-0.4, -0.2) is 8.76 Å². The van der Waals surface area contributed by atoms with Crippen molar-refractivity contribution >= 4 is 17.2 Å². The summed E-state index contributed by atoms with van der Waals surface area (Å²) in [6.07, 6.45) is 1.66. The van der Waals surface area contributed by atoms with Crippen LogP contribution in [0.4, 0.5) is 0 Å². The van der Waals surface area contributed by atoms with Crippen LogP contribution in [0.1, 0.15) is 6.99 Å². The van der Waals surface area contributed by atoms with Gasteiger partial charge in [0.05, 0.1) is 0 Å². The van der Waals surface area contributed by atoms with Gasteiger partial charge >= 0.3 is 18.9 Å². The second-order valence-electron chi connectivity index (χ2n) is 2.01. The second kappa shape index (κ2) is 5.34. The van der Waals surface area contributed by atoms with Crippen molar-refractivity contribution in [1.82, 2.24) is 0 Å². The molecule has 0 radical (unpaired) electrons.